The van der Waals surface area contributed by atoms with Crippen molar-refractivity contribution in [1.29, 1.82) is 0 Å². The predicted molar refractivity (Wildman–Crippen MR) is 102 cm³/mol. The van der Waals surface area contributed by atoms with E-state index in [1.807, 2.05) is 37.3 Å². The van der Waals surface area contributed by atoms with Gasteiger partial charge in [-0.1, -0.05) is 47.1 Å². The predicted octanol–water partition coefficient (Wildman–Crippen LogP) is 2.96. The van der Waals surface area contributed by atoms with Crippen molar-refractivity contribution in [3.63, 3.8) is 0 Å². The molecule has 0 aliphatic carbocycles. The van der Waals surface area contributed by atoms with Crippen LogP contribution in [0.3, 0.4) is 0 Å². The summed E-state index contributed by atoms with van der Waals surface area (Å²) in [7, 11) is 0. The van der Waals surface area contributed by atoms with Gasteiger partial charge in [0.25, 0.3) is 0 Å². The summed E-state index contributed by atoms with van der Waals surface area (Å²) in [4.78, 5) is 16.1. The minimum Gasteiger partial charge on any atom is -0.352 e. The number of halogens is 1. The summed E-state index contributed by atoms with van der Waals surface area (Å²) in [6, 6.07) is 9.94. The zero-order valence-corrected chi connectivity index (χ0v) is 15.9. The van der Waals surface area contributed by atoms with Gasteiger partial charge in [-0.25, -0.2) is 4.68 Å². The van der Waals surface area contributed by atoms with Crippen molar-refractivity contribution in [2.45, 2.75) is 26.8 Å². The number of aryl methyl sites for hydroxylation is 2. The van der Waals surface area contributed by atoms with Gasteiger partial charge in [-0.2, -0.15) is 10.1 Å². The van der Waals surface area contributed by atoms with E-state index in [1.165, 1.54) is 6.08 Å². The second-order valence-electron chi connectivity index (χ2n) is 6.04. The molecule has 8 heteroatoms. The highest BCUT2D eigenvalue weighted by molar-refractivity contribution is 6.31. The normalized spacial score (nSPS) is 11.2. The lowest BCUT2D eigenvalue weighted by Crippen LogP contribution is -2.23. The van der Waals surface area contributed by atoms with E-state index < -0.39 is 0 Å². The van der Waals surface area contributed by atoms with Crippen LogP contribution in [0, 0.1) is 13.8 Å². The quantitative estimate of drug-likeness (QED) is 0.632. The molecule has 0 saturated carbocycles. The van der Waals surface area contributed by atoms with Crippen LogP contribution >= 0.6 is 11.6 Å². The van der Waals surface area contributed by atoms with Crippen LogP contribution in [0.1, 0.15) is 28.5 Å². The molecule has 3 aromatic rings. The second kappa shape index (κ2) is 8.64. The van der Waals surface area contributed by atoms with E-state index in [9.17, 15) is 4.79 Å². The van der Waals surface area contributed by atoms with E-state index >= 15 is 0 Å². The standard InChI is InChI=1S/C19H20ClN5O2/c1-13-16(19(20)25(23-13)12-15-6-4-3-5-7-15)8-9-17(26)21-11-10-18-22-14(2)24-27-18/h3-9H,10-12H2,1-2H3,(H,21,26)/b9-8+. The van der Waals surface area contributed by atoms with Gasteiger partial charge in [-0.05, 0) is 25.5 Å². The fourth-order valence-corrected chi connectivity index (χ4v) is 2.87. The van der Waals surface area contributed by atoms with Crippen LogP contribution in [-0.2, 0) is 17.8 Å². The Balaban J connectivity index is 1.58. The molecule has 1 amide bonds. The maximum absolute atomic E-state index is 12.0. The van der Waals surface area contributed by atoms with E-state index in [-0.39, 0.29) is 5.91 Å². The SMILES string of the molecule is Cc1noc(CCNC(=O)/C=C/c2c(C)nn(Cc3ccccc3)c2Cl)n1. The molecule has 0 aliphatic rings. The van der Waals surface area contributed by atoms with Gasteiger partial charge >= 0.3 is 0 Å². The number of nitrogens with one attached hydrogen (secondary N) is 1. The van der Waals surface area contributed by atoms with Crippen molar-refractivity contribution < 1.29 is 9.32 Å². The monoisotopic (exact) mass is 385 g/mol. The first-order valence-corrected chi connectivity index (χ1v) is 8.92. The average molecular weight is 386 g/mol. The summed E-state index contributed by atoms with van der Waals surface area (Å²) >= 11 is 6.44. The molecule has 0 atom stereocenters. The third kappa shape index (κ3) is 5.04. The first kappa shape index (κ1) is 18.8. The number of aromatic nitrogens is 4. The summed E-state index contributed by atoms with van der Waals surface area (Å²) < 4.78 is 6.72. The number of hydrogen-bond acceptors (Lipinski definition) is 5. The Bertz CT molecular complexity index is 946. The Morgan fingerprint density at radius 3 is 2.78 bits per heavy atom. The molecule has 140 valence electrons. The maximum atomic E-state index is 12.0. The summed E-state index contributed by atoms with van der Waals surface area (Å²) in [6.07, 6.45) is 3.61. The van der Waals surface area contributed by atoms with Crippen LogP contribution in [0.4, 0.5) is 0 Å². The van der Waals surface area contributed by atoms with Crippen LogP contribution in [0.25, 0.3) is 6.08 Å². The number of nitrogens with zero attached hydrogens (tertiary/aromatic N) is 4. The highest BCUT2D eigenvalue weighted by Gasteiger charge is 2.12. The summed E-state index contributed by atoms with van der Waals surface area (Å²) in [5.41, 5.74) is 2.60. The third-order valence-electron chi connectivity index (χ3n) is 3.89. The molecule has 7 nitrogen and oxygen atoms in total. The Hall–Kier alpha value is -2.93. The maximum Gasteiger partial charge on any atom is 0.244 e. The molecule has 3 rings (SSSR count). The van der Waals surface area contributed by atoms with Crippen LogP contribution < -0.4 is 5.32 Å². The van der Waals surface area contributed by atoms with Gasteiger partial charge in [0.2, 0.25) is 11.8 Å². The fraction of sp³-hybridized carbons (Fsp3) is 0.263. The molecular formula is C19H20ClN5O2. The summed E-state index contributed by atoms with van der Waals surface area (Å²) in [5.74, 6) is 0.851. The van der Waals surface area contributed by atoms with Crippen molar-refractivity contribution >= 4 is 23.6 Å². The van der Waals surface area contributed by atoms with Crippen LogP contribution in [-0.4, -0.2) is 32.4 Å². The van der Waals surface area contributed by atoms with Crippen molar-refractivity contribution in [3.05, 3.63) is 70.1 Å². The lowest BCUT2D eigenvalue weighted by Gasteiger charge is -2.03. The van der Waals surface area contributed by atoms with Crippen LogP contribution in [0.15, 0.2) is 40.9 Å². The van der Waals surface area contributed by atoms with Gasteiger partial charge in [0.1, 0.15) is 5.15 Å². The lowest BCUT2D eigenvalue weighted by atomic mass is 10.2. The van der Waals surface area contributed by atoms with Crippen LogP contribution in [0.5, 0.6) is 0 Å². The molecule has 0 spiro atoms. The first-order chi connectivity index (χ1) is 13.0. The Morgan fingerprint density at radius 2 is 2.07 bits per heavy atom. The van der Waals surface area contributed by atoms with E-state index in [1.54, 1.807) is 17.7 Å². The van der Waals surface area contributed by atoms with Crippen molar-refractivity contribution in [1.82, 2.24) is 25.2 Å². The largest absolute Gasteiger partial charge is 0.352 e. The highest BCUT2D eigenvalue weighted by atomic mass is 35.5. The fourth-order valence-electron chi connectivity index (χ4n) is 2.57. The molecular weight excluding hydrogens is 366 g/mol. The van der Waals surface area contributed by atoms with Gasteiger partial charge < -0.3 is 9.84 Å². The van der Waals surface area contributed by atoms with E-state index in [0.717, 1.165) is 16.8 Å². The average Bonchev–Trinajstić information content (AvgIpc) is 3.17. The molecule has 0 aliphatic heterocycles. The molecule has 27 heavy (non-hydrogen) atoms. The molecule has 2 heterocycles. The zero-order valence-electron chi connectivity index (χ0n) is 15.1. The first-order valence-electron chi connectivity index (χ1n) is 8.55. The lowest BCUT2D eigenvalue weighted by molar-refractivity contribution is -0.116. The molecule has 2 aromatic heterocycles. The van der Waals surface area contributed by atoms with E-state index in [2.05, 4.69) is 20.6 Å². The molecule has 0 unspecified atom stereocenters. The molecule has 0 bridgehead atoms. The van der Waals surface area contributed by atoms with Gasteiger partial charge in [0.05, 0.1) is 12.2 Å². The molecule has 0 radical (unpaired) electrons. The molecule has 1 aromatic carbocycles. The summed E-state index contributed by atoms with van der Waals surface area (Å²) in [5, 5.41) is 11.4. The number of rotatable bonds is 7. The minimum atomic E-state index is -0.225. The number of amides is 1. The smallest absolute Gasteiger partial charge is 0.244 e. The van der Waals surface area contributed by atoms with E-state index in [0.29, 0.717) is 36.4 Å². The number of hydrogen-bond donors (Lipinski definition) is 1. The number of carbonyl (C=O) groups is 1. The minimum absolute atomic E-state index is 0.225. The van der Waals surface area contributed by atoms with Crippen molar-refractivity contribution in [2.75, 3.05) is 6.54 Å². The second-order valence-corrected chi connectivity index (χ2v) is 6.40. The number of carbonyl (C=O) groups excluding carboxylic acids is 1. The summed E-state index contributed by atoms with van der Waals surface area (Å²) in [6.45, 7) is 4.59. The molecule has 1 N–H and O–H groups in total. The van der Waals surface area contributed by atoms with E-state index in [4.69, 9.17) is 16.1 Å². The van der Waals surface area contributed by atoms with Gasteiger partial charge in [0, 0.05) is 24.6 Å². The van der Waals surface area contributed by atoms with Gasteiger partial charge in [-0.15, -0.1) is 0 Å². The molecule has 0 fully saturated rings. The van der Waals surface area contributed by atoms with Crippen molar-refractivity contribution in [3.8, 4) is 0 Å². The Labute approximate surface area is 162 Å². The van der Waals surface area contributed by atoms with Crippen LogP contribution in [0.2, 0.25) is 5.15 Å². The Kier molecular flexibility index (Phi) is 6.03. The van der Waals surface area contributed by atoms with Crippen molar-refractivity contribution in [2.24, 2.45) is 0 Å². The molecule has 0 saturated heterocycles. The topological polar surface area (TPSA) is 85.8 Å². The van der Waals surface area contributed by atoms with Gasteiger partial charge in [0.15, 0.2) is 5.82 Å². The zero-order chi connectivity index (χ0) is 19.2. The highest BCUT2D eigenvalue weighted by Crippen LogP contribution is 2.22. The van der Waals surface area contributed by atoms with Gasteiger partial charge in [-0.3, -0.25) is 4.79 Å². The number of benzene rings is 1. The Morgan fingerprint density at radius 1 is 1.30 bits per heavy atom. The third-order valence-corrected chi connectivity index (χ3v) is 4.29.